The number of ether oxygens (including phenoxy) is 3. The summed E-state index contributed by atoms with van der Waals surface area (Å²) in [6.07, 6.45) is 7.46. The van der Waals surface area contributed by atoms with Gasteiger partial charge in [0, 0.05) is 31.3 Å². The third kappa shape index (κ3) is 5.64. The van der Waals surface area contributed by atoms with Crippen LogP contribution in [-0.4, -0.2) is 63.1 Å². The summed E-state index contributed by atoms with van der Waals surface area (Å²) in [5.74, 6) is 0.401. The number of carboxylic acids is 1. The van der Waals surface area contributed by atoms with E-state index in [0.29, 0.717) is 25.1 Å². The summed E-state index contributed by atoms with van der Waals surface area (Å²) in [6, 6.07) is 12.9. The summed E-state index contributed by atoms with van der Waals surface area (Å²) in [5, 5.41) is 13.8. The van der Waals surface area contributed by atoms with Gasteiger partial charge in [-0.1, -0.05) is 30.3 Å². The fourth-order valence-electron chi connectivity index (χ4n) is 5.90. The fraction of sp³-hybridized carbons (Fsp3) is 0.406. The standard InChI is InChI=1S/C32H36N4O5/c1-3-40-31-27(32(37)38)17-33-36(31)29-9-5-8-28(34-29)26-7-4-6-21(2)30(26)41-19-22-10-11-24-18-35(14-12-23(24)16-22)25-13-15-39-20-25/h5,7-11,16-17,25H,3-4,6,12-15,18-20H2,1-2H3,(H,37,38)/t25-/m1/s1. The number of aromatic nitrogens is 3. The van der Waals surface area contributed by atoms with Gasteiger partial charge in [0.15, 0.2) is 5.82 Å². The molecule has 0 radical (unpaired) electrons. The number of aromatic carboxylic acids is 1. The molecule has 6 rings (SSSR count). The van der Waals surface area contributed by atoms with Crippen molar-refractivity contribution in [2.75, 3.05) is 26.4 Å². The van der Waals surface area contributed by atoms with Crippen LogP contribution >= 0.6 is 0 Å². The van der Waals surface area contributed by atoms with E-state index in [2.05, 4.69) is 41.2 Å². The zero-order valence-corrected chi connectivity index (χ0v) is 23.6. The first kappa shape index (κ1) is 27.2. The number of pyridine rings is 1. The minimum Gasteiger partial charge on any atom is -0.488 e. The minimum absolute atomic E-state index is 0.000934. The average molecular weight is 557 g/mol. The molecule has 4 heterocycles. The van der Waals surface area contributed by atoms with Crippen LogP contribution in [0.25, 0.3) is 11.4 Å². The Morgan fingerprint density at radius 2 is 2.07 bits per heavy atom. The van der Waals surface area contributed by atoms with Crippen molar-refractivity contribution in [1.82, 2.24) is 19.7 Å². The predicted octanol–water partition coefficient (Wildman–Crippen LogP) is 5.18. The first-order chi connectivity index (χ1) is 20.0. The highest BCUT2D eigenvalue weighted by molar-refractivity contribution is 5.90. The van der Waals surface area contributed by atoms with Crippen LogP contribution in [0.1, 0.15) is 65.9 Å². The number of carboxylic acid groups (broad SMARTS) is 1. The number of hydrogen-bond acceptors (Lipinski definition) is 7. The highest BCUT2D eigenvalue weighted by Gasteiger charge is 2.27. The molecule has 214 valence electrons. The highest BCUT2D eigenvalue weighted by atomic mass is 16.5. The lowest BCUT2D eigenvalue weighted by Gasteiger charge is -2.33. The number of benzene rings is 1. The molecule has 41 heavy (non-hydrogen) atoms. The molecule has 0 spiro atoms. The Hall–Kier alpha value is -3.95. The summed E-state index contributed by atoms with van der Waals surface area (Å²) >= 11 is 0. The van der Waals surface area contributed by atoms with Gasteiger partial charge in [-0.2, -0.15) is 9.78 Å². The van der Waals surface area contributed by atoms with Crippen molar-refractivity contribution >= 4 is 11.5 Å². The Bertz CT molecular complexity index is 1500. The molecule has 9 nitrogen and oxygen atoms in total. The Labute approximate surface area is 240 Å². The van der Waals surface area contributed by atoms with Gasteiger partial charge in [0.2, 0.25) is 5.88 Å². The molecule has 0 saturated carbocycles. The van der Waals surface area contributed by atoms with Gasteiger partial charge < -0.3 is 19.3 Å². The van der Waals surface area contributed by atoms with Crippen LogP contribution in [0.3, 0.4) is 0 Å². The predicted molar refractivity (Wildman–Crippen MR) is 154 cm³/mol. The summed E-state index contributed by atoms with van der Waals surface area (Å²) in [7, 11) is 0. The van der Waals surface area contributed by atoms with E-state index in [1.807, 2.05) is 12.1 Å². The Kier molecular flexibility index (Phi) is 7.89. The van der Waals surface area contributed by atoms with Crippen LogP contribution in [-0.2, 0) is 29.0 Å². The maximum absolute atomic E-state index is 11.7. The summed E-state index contributed by atoms with van der Waals surface area (Å²) in [6.45, 7) is 8.49. The highest BCUT2D eigenvalue weighted by Crippen LogP contribution is 2.34. The molecule has 3 aliphatic rings. The van der Waals surface area contributed by atoms with Gasteiger partial charge in [-0.25, -0.2) is 9.78 Å². The van der Waals surface area contributed by atoms with E-state index in [4.69, 9.17) is 19.2 Å². The third-order valence-corrected chi connectivity index (χ3v) is 8.08. The zero-order chi connectivity index (χ0) is 28.3. The van der Waals surface area contributed by atoms with Gasteiger partial charge in [-0.3, -0.25) is 4.90 Å². The van der Waals surface area contributed by atoms with Gasteiger partial charge in [0.25, 0.3) is 0 Å². The molecule has 1 aliphatic carbocycles. The molecule has 2 aromatic heterocycles. The van der Waals surface area contributed by atoms with E-state index in [0.717, 1.165) is 74.6 Å². The van der Waals surface area contributed by atoms with Crippen molar-refractivity contribution in [2.24, 2.45) is 0 Å². The fourth-order valence-corrected chi connectivity index (χ4v) is 5.90. The number of rotatable bonds is 9. The third-order valence-electron chi connectivity index (χ3n) is 8.08. The van der Waals surface area contributed by atoms with E-state index in [9.17, 15) is 9.90 Å². The molecule has 3 aromatic rings. The van der Waals surface area contributed by atoms with Crippen LogP contribution in [0.4, 0.5) is 0 Å². The Morgan fingerprint density at radius 3 is 2.88 bits per heavy atom. The molecule has 1 fully saturated rings. The minimum atomic E-state index is -1.09. The van der Waals surface area contributed by atoms with Crippen LogP contribution in [0.5, 0.6) is 5.88 Å². The van der Waals surface area contributed by atoms with Crippen molar-refractivity contribution in [3.8, 4) is 11.7 Å². The van der Waals surface area contributed by atoms with Gasteiger partial charge in [-0.05, 0) is 73.9 Å². The number of nitrogens with zero attached hydrogens (tertiary/aromatic N) is 4. The number of hydrogen-bond donors (Lipinski definition) is 1. The van der Waals surface area contributed by atoms with E-state index in [1.54, 1.807) is 13.0 Å². The lowest BCUT2D eigenvalue weighted by atomic mass is 9.95. The van der Waals surface area contributed by atoms with E-state index in [1.165, 1.54) is 27.6 Å². The molecular weight excluding hydrogens is 520 g/mol. The van der Waals surface area contributed by atoms with E-state index in [-0.39, 0.29) is 11.4 Å². The van der Waals surface area contributed by atoms with Gasteiger partial charge in [0.1, 0.15) is 17.9 Å². The van der Waals surface area contributed by atoms with Crippen molar-refractivity contribution < 1.29 is 24.1 Å². The van der Waals surface area contributed by atoms with Crippen molar-refractivity contribution in [2.45, 2.75) is 58.7 Å². The molecule has 0 bridgehead atoms. The normalized spacial score (nSPS) is 19.2. The summed E-state index contributed by atoms with van der Waals surface area (Å²) in [5.41, 5.74) is 6.83. The van der Waals surface area contributed by atoms with Crippen LogP contribution in [0.2, 0.25) is 0 Å². The molecule has 2 aliphatic heterocycles. The SMILES string of the molecule is CCOc1c(C(=O)O)cnn1-c1cccc(C2=CCCC(C)=C2OCc2ccc3c(c2)CCN([C@@H]2CCOC2)C3)n1. The van der Waals surface area contributed by atoms with Gasteiger partial charge >= 0.3 is 5.97 Å². The van der Waals surface area contributed by atoms with E-state index < -0.39 is 5.97 Å². The number of fused-ring (bicyclic) bond motifs is 1. The van der Waals surface area contributed by atoms with E-state index >= 15 is 0 Å². The second-order valence-electron chi connectivity index (χ2n) is 10.8. The first-order valence-electron chi connectivity index (χ1n) is 14.4. The van der Waals surface area contributed by atoms with Gasteiger partial charge in [-0.15, -0.1) is 0 Å². The first-order valence-corrected chi connectivity index (χ1v) is 14.4. The molecule has 1 N–H and O–H groups in total. The molecule has 0 unspecified atom stereocenters. The van der Waals surface area contributed by atoms with Gasteiger partial charge in [0.05, 0.1) is 25.1 Å². The molecule has 9 heteroatoms. The van der Waals surface area contributed by atoms with Crippen LogP contribution in [0.15, 0.2) is 60.0 Å². The monoisotopic (exact) mass is 556 g/mol. The summed E-state index contributed by atoms with van der Waals surface area (Å²) in [4.78, 5) is 19.1. The molecule has 1 atom stereocenters. The Morgan fingerprint density at radius 1 is 1.17 bits per heavy atom. The molecular formula is C32H36N4O5. The number of allylic oxidation sites excluding steroid dienone is 3. The smallest absolute Gasteiger partial charge is 0.342 e. The molecule has 0 amide bonds. The Balaban J connectivity index is 1.20. The summed E-state index contributed by atoms with van der Waals surface area (Å²) < 4.78 is 19.2. The maximum atomic E-state index is 11.7. The largest absolute Gasteiger partial charge is 0.488 e. The van der Waals surface area contributed by atoms with Crippen molar-refractivity contribution in [3.05, 3.63) is 88.0 Å². The van der Waals surface area contributed by atoms with Crippen LogP contribution in [0, 0.1) is 0 Å². The molecule has 1 aromatic carbocycles. The zero-order valence-electron chi connectivity index (χ0n) is 23.6. The quantitative estimate of drug-likeness (QED) is 0.385. The van der Waals surface area contributed by atoms with Crippen molar-refractivity contribution in [3.63, 3.8) is 0 Å². The molecule has 1 saturated heterocycles. The lowest BCUT2D eigenvalue weighted by Crippen LogP contribution is -2.39. The second kappa shape index (κ2) is 11.9. The average Bonchev–Trinajstić information content (AvgIpc) is 3.67. The second-order valence-corrected chi connectivity index (χ2v) is 10.8. The maximum Gasteiger partial charge on any atom is 0.342 e. The number of carbonyl (C=O) groups is 1. The topological polar surface area (TPSA) is 98.9 Å². The lowest BCUT2D eigenvalue weighted by molar-refractivity contribution is 0.0692. The van der Waals surface area contributed by atoms with Crippen molar-refractivity contribution in [1.29, 1.82) is 0 Å². The van der Waals surface area contributed by atoms with Crippen LogP contribution < -0.4 is 4.74 Å².